The minimum absolute atomic E-state index is 0.0365. The lowest BCUT2D eigenvalue weighted by atomic mass is 9.99. The number of cyclic esters (lactones) is 1. The summed E-state index contributed by atoms with van der Waals surface area (Å²) in [5.74, 6) is -0.263. The Morgan fingerprint density at radius 1 is 1.30 bits per heavy atom. The zero-order valence-corrected chi connectivity index (χ0v) is 16.3. The summed E-state index contributed by atoms with van der Waals surface area (Å²) in [6, 6.07) is 2.83. The summed E-state index contributed by atoms with van der Waals surface area (Å²) in [6.45, 7) is 0.585. The molecule has 2 N–H and O–H groups in total. The molecule has 3 amide bonds. The number of likely N-dealkylation sites (N-methyl/N-ethyl adjacent to an activating group) is 1. The van der Waals surface area contributed by atoms with Gasteiger partial charge in [0.05, 0.1) is 18.3 Å². The number of piperidine rings is 1. The van der Waals surface area contributed by atoms with Gasteiger partial charge in [-0.15, -0.1) is 0 Å². The largest absolute Gasteiger partial charge is 0.465 e. The molecule has 5 rings (SSSR count). The molecular weight excluding hydrogens is 397 g/mol. The number of rotatable bonds is 4. The molecule has 1 saturated carbocycles. The zero-order valence-electron chi connectivity index (χ0n) is 16.3. The summed E-state index contributed by atoms with van der Waals surface area (Å²) in [4.78, 5) is 39.2. The van der Waals surface area contributed by atoms with Gasteiger partial charge in [0, 0.05) is 20.1 Å². The number of amides is 3. The summed E-state index contributed by atoms with van der Waals surface area (Å²) in [6.07, 6.45) is -1.83. The summed E-state index contributed by atoms with van der Waals surface area (Å²) < 4.78 is 20.3. The number of hydrogen-bond acceptors (Lipinski definition) is 5. The van der Waals surface area contributed by atoms with Crippen molar-refractivity contribution in [1.29, 1.82) is 0 Å². The van der Waals surface area contributed by atoms with Crippen LogP contribution in [-0.4, -0.2) is 83.5 Å². The van der Waals surface area contributed by atoms with Crippen molar-refractivity contribution in [2.45, 2.75) is 24.5 Å². The van der Waals surface area contributed by atoms with Gasteiger partial charge in [0.25, 0.3) is 0 Å². The van der Waals surface area contributed by atoms with Gasteiger partial charge in [0.15, 0.2) is 0 Å². The number of benzene rings is 1. The third kappa shape index (κ3) is 2.73. The van der Waals surface area contributed by atoms with Crippen LogP contribution in [0.3, 0.4) is 0 Å². The molecule has 0 aromatic heterocycles. The monoisotopic (exact) mass is 419 g/mol. The number of carbonyl (C=O) groups excluding carboxylic acids is 2. The van der Waals surface area contributed by atoms with Gasteiger partial charge in [-0.05, 0) is 41.4 Å². The molecule has 9 nitrogen and oxygen atoms in total. The molecule has 160 valence electrons. The van der Waals surface area contributed by atoms with Crippen molar-refractivity contribution in [2.24, 2.45) is 11.8 Å². The smallest absolute Gasteiger partial charge is 0.415 e. The van der Waals surface area contributed by atoms with Crippen LogP contribution in [0, 0.1) is 17.7 Å². The lowest BCUT2D eigenvalue weighted by molar-refractivity contribution is -0.133. The third-order valence-electron chi connectivity index (χ3n) is 6.92. The first-order valence-electron chi connectivity index (χ1n) is 9.95. The van der Waals surface area contributed by atoms with E-state index in [1.807, 2.05) is 6.07 Å². The van der Waals surface area contributed by atoms with Gasteiger partial charge in [0.1, 0.15) is 18.5 Å². The lowest BCUT2D eigenvalue weighted by Gasteiger charge is -2.21. The van der Waals surface area contributed by atoms with Crippen molar-refractivity contribution in [3.05, 3.63) is 29.1 Å². The molecule has 1 aliphatic carbocycles. The van der Waals surface area contributed by atoms with Gasteiger partial charge in [0.2, 0.25) is 5.91 Å². The van der Waals surface area contributed by atoms with E-state index < -0.39 is 24.9 Å². The highest BCUT2D eigenvalue weighted by Crippen LogP contribution is 2.59. The van der Waals surface area contributed by atoms with E-state index in [2.05, 4.69) is 0 Å². The molecule has 1 aromatic rings. The number of nitrogens with zero attached hydrogens (tertiary/aromatic N) is 3. The second-order valence-electron chi connectivity index (χ2n) is 8.54. The summed E-state index contributed by atoms with van der Waals surface area (Å²) >= 11 is 0. The Morgan fingerprint density at radius 3 is 2.63 bits per heavy atom. The minimum atomic E-state index is -1.11. The molecule has 30 heavy (non-hydrogen) atoms. The average Bonchev–Trinajstić information content (AvgIpc) is 3.04. The van der Waals surface area contributed by atoms with E-state index in [1.165, 1.54) is 18.0 Å². The topological polar surface area (TPSA) is 111 Å². The first-order chi connectivity index (χ1) is 14.3. The van der Waals surface area contributed by atoms with Crippen molar-refractivity contribution in [3.8, 4) is 0 Å². The molecule has 4 aliphatic rings. The molecule has 3 fully saturated rings. The van der Waals surface area contributed by atoms with E-state index in [0.29, 0.717) is 30.8 Å². The van der Waals surface area contributed by atoms with Crippen molar-refractivity contribution in [3.63, 3.8) is 0 Å². The molecule has 1 aromatic carbocycles. The Bertz CT molecular complexity index is 943. The van der Waals surface area contributed by atoms with Gasteiger partial charge < -0.3 is 24.7 Å². The van der Waals surface area contributed by atoms with E-state index >= 15 is 0 Å². The Balaban J connectivity index is 1.35. The van der Waals surface area contributed by atoms with Crippen molar-refractivity contribution in [1.82, 2.24) is 9.80 Å². The first-order valence-corrected chi connectivity index (χ1v) is 9.95. The zero-order chi connectivity index (χ0) is 21.3. The van der Waals surface area contributed by atoms with Gasteiger partial charge in [-0.2, -0.15) is 0 Å². The van der Waals surface area contributed by atoms with Gasteiger partial charge >= 0.3 is 12.2 Å². The quantitative estimate of drug-likeness (QED) is 0.749. The second-order valence-corrected chi connectivity index (χ2v) is 8.54. The molecule has 2 saturated heterocycles. The molecule has 0 radical (unpaired) electrons. The maximum atomic E-state index is 15.0. The Morgan fingerprint density at radius 2 is 2.00 bits per heavy atom. The standard InChI is InChI=1S/C20H22FN3O6/c1-22(19(27)28)7-16-15-3-9-2-10(13(21)4-14(9)24(15)20(29)30-16)18-11-5-23(6-12(11)18)17(26)8-25/h2,4,11-12,15-16,18,25H,3,5-8H2,1H3,(H,27,28)/t11?,12?,15-,16-,18?/m0/s1. The van der Waals surface area contributed by atoms with Gasteiger partial charge in [-0.25, -0.2) is 14.0 Å². The van der Waals surface area contributed by atoms with Crippen LogP contribution in [0.1, 0.15) is 17.0 Å². The van der Waals surface area contributed by atoms with E-state index in [-0.39, 0.29) is 42.1 Å². The normalized spacial score (nSPS) is 30.6. The fourth-order valence-corrected chi connectivity index (χ4v) is 5.36. The maximum Gasteiger partial charge on any atom is 0.415 e. The van der Waals surface area contributed by atoms with Gasteiger partial charge in [-0.1, -0.05) is 6.07 Å². The molecular formula is C20H22FN3O6. The first kappa shape index (κ1) is 19.1. The number of carboxylic acid groups (broad SMARTS) is 1. The highest BCUT2D eigenvalue weighted by Gasteiger charge is 2.58. The molecule has 2 unspecified atom stereocenters. The SMILES string of the molecule is CN(C[C@@H]1OC(=O)N2c3cc(F)c(C4C5CN(C(=O)CO)CC54)cc3C[C@@H]12)C(=O)O. The number of aliphatic hydroxyl groups is 1. The third-order valence-corrected chi connectivity index (χ3v) is 6.92. The maximum absolute atomic E-state index is 15.0. The van der Waals surface area contributed by atoms with Crippen LogP contribution in [0.25, 0.3) is 0 Å². The number of hydrogen-bond donors (Lipinski definition) is 2. The van der Waals surface area contributed by atoms with Crippen molar-refractivity contribution in [2.75, 3.05) is 38.2 Å². The van der Waals surface area contributed by atoms with Crippen LogP contribution in [-0.2, 0) is 16.0 Å². The van der Waals surface area contributed by atoms with Crippen molar-refractivity contribution < 1.29 is 33.7 Å². The Kier molecular flexibility index (Phi) is 4.18. The average molecular weight is 419 g/mol. The molecule has 3 heterocycles. The highest BCUT2D eigenvalue weighted by atomic mass is 19.1. The van der Waals surface area contributed by atoms with Crippen LogP contribution < -0.4 is 4.90 Å². The summed E-state index contributed by atoms with van der Waals surface area (Å²) in [5, 5.41) is 18.1. The predicted octanol–water partition coefficient (Wildman–Crippen LogP) is 0.849. The number of fused-ring (bicyclic) bond motifs is 4. The van der Waals surface area contributed by atoms with E-state index in [4.69, 9.17) is 14.9 Å². The number of likely N-dealkylation sites (tertiary alicyclic amines) is 1. The fraction of sp³-hybridized carbons (Fsp3) is 0.550. The van der Waals surface area contributed by atoms with Crippen LogP contribution in [0.5, 0.6) is 0 Å². The Labute approximate surface area is 171 Å². The lowest BCUT2D eigenvalue weighted by Crippen LogP contribution is -2.41. The number of halogens is 1. The van der Waals surface area contributed by atoms with Crippen molar-refractivity contribution >= 4 is 23.8 Å². The van der Waals surface area contributed by atoms with E-state index in [1.54, 1.807) is 4.90 Å². The number of carbonyl (C=O) groups is 3. The molecule has 4 atom stereocenters. The van der Waals surface area contributed by atoms with Crippen LogP contribution in [0.4, 0.5) is 19.7 Å². The minimum Gasteiger partial charge on any atom is -0.465 e. The van der Waals surface area contributed by atoms with Crippen LogP contribution >= 0.6 is 0 Å². The van der Waals surface area contributed by atoms with E-state index in [0.717, 1.165) is 10.5 Å². The Hall–Kier alpha value is -2.88. The second kappa shape index (κ2) is 6.56. The molecule has 3 aliphatic heterocycles. The number of anilines is 1. The predicted molar refractivity (Wildman–Crippen MR) is 101 cm³/mol. The van der Waals surface area contributed by atoms with Crippen LogP contribution in [0.2, 0.25) is 0 Å². The number of aliphatic hydroxyl groups excluding tert-OH is 1. The molecule has 0 bridgehead atoms. The molecule has 10 heteroatoms. The van der Waals surface area contributed by atoms with E-state index in [9.17, 15) is 18.8 Å². The summed E-state index contributed by atoms with van der Waals surface area (Å²) in [7, 11) is 1.41. The van der Waals surface area contributed by atoms with Gasteiger partial charge in [-0.3, -0.25) is 9.69 Å². The fourth-order valence-electron chi connectivity index (χ4n) is 5.36. The summed E-state index contributed by atoms with van der Waals surface area (Å²) in [5.41, 5.74) is 1.94. The molecule has 0 spiro atoms. The number of ether oxygens (including phenoxy) is 1. The highest BCUT2D eigenvalue weighted by molar-refractivity contribution is 5.94. The van der Waals surface area contributed by atoms with Crippen LogP contribution in [0.15, 0.2) is 12.1 Å².